The first kappa shape index (κ1) is 42.4. The van der Waals surface area contributed by atoms with E-state index in [4.69, 9.17) is 0 Å². The number of hydrogen-bond acceptors (Lipinski definition) is 7. The van der Waals surface area contributed by atoms with Crippen molar-refractivity contribution in [3.63, 3.8) is 0 Å². The SMILES string of the molecule is CCCC(NC(=O)[C@@H]1[C@H]2CCC[C@H]2CN1C(=O)C(NC(=O)[C@@H](NC(=O)CCCCC(=O)NC)C(C)C)C(C)C)C(O)C(=O)N[C@@H](C)c1ccccc1. The van der Waals surface area contributed by atoms with Crippen LogP contribution in [0.5, 0.6) is 0 Å². The van der Waals surface area contributed by atoms with Gasteiger partial charge in [0.1, 0.15) is 18.1 Å². The molecule has 6 amide bonds. The van der Waals surface area contributed by atoms with Crippen LogP contribution in [0, 0.1) is 23.7 Å². The van der Waals surface area contributed by atoms with E-state index >= 15 is 0 Å². The van der Waals surface area contributed by atoms with Gasteiger partial charge in [0.15, 0.2) is 6.10 Å². The van der Waals surface area contributed by atoms with Crippen LogP contribution in [0.1, 0.15) is 111 Å². The van der Waals surface area contributed by atoms with Crippen LogP contribution >= 0.6 is 0 Å². The molecule has 13 heteroatoms. The van der Waals surface area contributed by atoms with Crippen LogP contribution in [-0.2, 0) is 28.8 Å². The molecule has 0 spiro atoms. The van der Waals surface area contributed by atoms with Crippen LogP contribution in [0.15, 0.2) is 30.3 Å². The molecule has 3 rings (SSSR count). The molecule has 1 saturated carbocycles. The number of benzene rings is 1. The van der Waals surface area contributed by atoms with E-state index in [2.05, 4.69) is 26.6 Å². The van der Waals surface area contributed by atoms with Crippen molar-refractivity contribution in [1.82, 2.24) is 31.5 Å². The molecular weight excluding hydrogens is 664 g/mol. The van der Waals surface area contributed by atoms with Crippen molar-refractivity contribution in [2.45, 2.75) is 136 Å². The maximum absolute atomic E-state index is 14.3. The van der Waals surface area contributed by atoms with Crippen molar-refractivity contribution in [3.8, 4) is 0 Å². The fourth-order valence-electron chi connectivity index (χ4n) is 7.47. The minimum Gasteiger partial charge on any atom is -0.381 e. The van der Waals surface area contributed by atoms with Crippen molar-refractivity contribution in [2.24, 2.45) is 23.7 Å². The van der Waals surface area contributed by atoms with Gasteiger partial charge in [0.2, 0.25) is 29.5 Å². The van der Waals surface area contributed by atoms with E-state index in [1.54, 1.807) is 11.9 Å². The van der Waals surface area contributed by atoms with Crippen LogP contribution in [0.4, 0.5) is 0 Å². The Morgan fingerprint density at radius 2 is 1.44 bits per heavy atom. The molecule has 1 aromatic carbocycles. The molecule has 1 aliphatic carbocycles. The molecule has 52 heavy (non-hydrogen) atoms. The molecule has 1 heterocycles. The maximum Gasteiger partial charge on any atom is 0.251 e. The van der Waals surface area contributed by atoms with Gasteiger partial charge >= 0.3 is 0 Å². The highest BCUT2D eigenvalue weighted by molar-refractivity contribution is 5.95. The molecule has 0 bridgehead atoms. The molecule has 2 fully saturated rings. The molecule has 13 nitrogen and oxygen atoms in total. The van der Waals surface area contributed by atoms with Crippen LogP contribution in [0.25, 0.3) is 0 Å². The molecule has 290 valence electrons. The van der Waals surface area contributed by atoms with E-state index in [0.29, 0.717) is 38.6 Å². The van der Waals surface area contributed by atoms with Gasteiger partial charge < -0.3 is 36.6 Å². The highest BCUT2D eigenvalue weighted by atomic mass is 16.3. The summed E-state index contributed by atoms with van der Waals surface area (Å²) < 4.78 is 0. The van der Waals surface area contributed by atoms with Gasteiger partial charge in [-0.3, -0.25) is 28.8 Å². The predicted octanol–water partition coefficient (Wildman–Crippen LogP) is 2.72. The number of hydrogen-bond donors (Lipinski definition) is 6. The zero-order chi connectivity index (χ0) is 38.5. The van der Waals surface area contributed by atoms with Crippen molar-refractivity contribution in [2.75, 3.05) is 13.6 Å². The number of carbonyl (C=O) groups excluding carboxylic acids is 6. The van der Waals surface area contributed by atoms with Gasteiger partial charge in [-0.1, -0.05) is 77.8 Å². The number of fused-ring (bicyclic) bond motifs is 1. The minimum atomic E-state index is -1.50. The Kier molecular flexibility index (Phi) is 16.6. The van der Waals surface area contributed by atoms with Crippen molar-refractivity contribution in [3.05, 3.63) is 35.9 Å². The summed E-state index contributed by atoms with van der Waals surface area (Å²) in [6.45, 7) is 11.4. The molecule has 1 saturated heterocycles. The molecule has 2 aliphatic rings. The first-order valence-corrected chi connectivity index (χ1v) is 19.1. The summed E-state index contributed by atoms with van der Waals surface area (Å²) in [5.74, 6) is -2.81. The van der Waals surface area contributed by atoms with E-state index in [1.807, 2.05) is 71.9 Å². The topological polar surface area (TPSA) is 186 Å². The summed E-state index contributed by atoms with van der Waals surface area (Å²) in [4.78, 5) is 81.2. The number of unbranched alkanes of at least 4 members (excludes halogenated alkanes) is 1. The average Bonchev–Trinajstić information content (AvgIpc) is 3.72. The van der Waals surface area contributed by atoms with E-state index in [0.717, 1.165) is 24.8 Å². The minimum absolute atomic E-state index is 0.0788. The maximum atomic E-state index is 14.3. The van der Waals surface area contributed by atoms with Crippen molar-refractivity contribution >= 4 is 35.4 Å². The number of likely N-dealkylation sites (tertiary alicyclic amines) is 1. The van der Waals surface area contributed by atoms with Crippen molar-refractivity contribution in [1.29, 1.82) is 0 Å². The number of amides is 6. The zero-order valence-corrected chi connectivity index (χ0v) is 32.1. The Bertz CT molecular complexity index is 1370. The van der Waals surface area contributed by atoms with Crippen LogP contribution in [-0.4, -0.2) is 89.3 Å². The molecular formula is C39H62N6O7. The lowest BCUT2D eigenvalue weighted by molar-refractivity contribution is -0.144. The van der Waals surface area contributed by atoms with Gasteiger partial charge in [0, 0.05) is 26.4 Å². The summed E-state index contributed by atoms with van der Waals surface area (Å²) in [7, 11) is 1.56. The summed E-state index contributed by atoms with van der Waals surface area (Å²) in [5, 5.41) is 25.2. The fraction of sp³-hybridized carbons (Fsp3) is 0.692. The Labute approximate surface area is 309 Å². The van der Waals surface area contributed by atoms with Gasteiger partial charge in [-0.2, -0.15) is 0 Å². The Morgan fingerprint density at radius 1 is 0.808 bits per heavy atom. The standard InChI is InChI=1S/C39H62N6O7/c1-8-15-29(35(48)38(51)41-25(6)26-16-10-9-11-17-26)42-37(50)34-28-19-14-18-27(28)22-45(34)39(52)33(24(4)5)44-36(49)32(23(2)3)43-31(47)21-13-12-20-30(46)40-7/h9-11,16-17,23-25,27-29,32-35,48H,8,12-15,18-22H2,1-7H3,(H,40,46)(H,41,51)(H,42,50)(H,43,47)(H,44,49)/t25-,27-,28-,29?,32-,33?,34-,35?/m0/s1. The second-order valence-corrected chi connectivity index (χ2v) is 15.2. The molecule has 1 aliphatic heterocycles. The Hall–Kier alpha value is -4.00. The van der Waals surface area contributed by atoms with Gasteiger partial charge in [0.25, 0.3) is 5.91 Å². The monoisotopic (exact) mass is 726 g/mol. The smallest absolute Gasteiger partial charge is 0.251 e. The van der Waals surface area contributed by atoms with Gasteiger partial charge in [0.05, 0.1) is 12.1 Å². The Balaban J connectivity index is 1.73. The third kappa shape index (κ3) is 11.5. The largest absolute Gasteiger partial charge is 0.381 e. The lowest BCUT2D eigenvalue weighted by atomic mass is 9.92. The van der Waals surface area contributed by atoms with E-state index in [9.17, 15) is 33.9 Å². The molecule has 6 N–H and O–H groups in total. The number of carbonyl (C=O) groups is 6. The fourth-order valence-corrected chi connectivity index (χ4v) is 7.47. The normalized spacial score (nSPS) is 21.0. The number of nitrogens with one attached hydrogen (secondary N) is 5. The summed E-state index contributed by atoms with van der Waals surface area (Å²) >= 11 is 0. The number of nitrogens with zero attached hydrogens (tertiary/aromatic N) is 1. The lowest BCUT2D eigenvalue weighted by Gasteiger charge is -2.34. The predicted molar refractivity (Wildman–Crippen MR) is 198 cm³/mol. The number of rotatable bonds is 19. The number of aliphatic hydroxyl groups excluding tert-OH is 1. The highest BCUT2D eigenvalue weighted by Crippen LogP contribution is 2.42. The first-order chi connectivity index (χ1) is 24.7. The summed E-state index contributed by atoms with van der Waals surface area (Å²) in [6.07, 6.45) is 3.56. The van der Waals surface area contributed by atoms with Crippen LogP contribution in [0.3, 0.4) is 0 Å². The third-order valence-electron chi connectivity index (χ3n) is 10.5. The van der Waals surface area contributed by atoms with Gasteiger partial charge in [-0.25, -0.2) is 0 Å². The van der Waals surface area contributed by atoms with Crippen LogP contribution < -0.4 is 26.6 Å². The van der Waals surface area contributed by atoms with E-state index < -0.39 is 48.0 Å². The van der Waals surface area contributed by atoms with Gasteiger partial charge in [-0.05, 0) is 68.3 Å². The summed E-state index contributed by atoms with van der Waals surface area (Å²) in [6, 6.07) is 5.54. The molecule has 0 aromatic heterocycles. The third-order valence-corrected chi connectivity index (χ3v) is 10.5. The zero-order valence-electron chi connectivity index (χ0n) is 32.1. The van der Waals surface area contributed by atoms with E-state index in [1.165, 1.54) is 0 Å². The van der Waals surface area contributed by atoms with E-state index in [-0.39, 0.29) is 53.9 Å². The first-order valence-electron chi connectivity index (χ1n) is 19.1. The second kappa shape index (κ2) is 20.3. The Morgan fingerprint density at radius 3 is 2.04 bits per heavy atom. The number of aliphatic hydroxyl groups is 1. The lowest BCUT2D eigenvalue weighted by Crippen LogP contribution is -2.60. The molecule has 0 radical (unpaired) electrons. The van der Waals surface area contributed by atoms with Crippen molar-refractivity contribution < 1.29 is 33.9 Å². The van der Waals surface area contributed by atoms with Crippen LogP contribution in [0.2, 0.25) is 0 Å². The quantitative estimate of drug-likeness (QED) is 0.118. The second-order valence-electron chi connectivity index (χ2n) is 15.2. The molecule has 3 unspecified atom stereocenters. The molecule has 1 aromatic rings. The average molecular weight is 727 g/mol. The van der Waals surface area contributed by atoms with Gasteiger partial charge in [-0.15, -0.1) is 0 Å². The summed E-state index contributed by atoms with van der Waals surface area (Å²) in [5.41, 5.74) is 0.884. The highest BCUT2D eigenvalue weighted by Gasteiger charge is 2.51. The molecule has 8 atom stereocenters.